The van der Waals surface area contributed by atoms with Crippen LogP contribution in [-0.4, -0.2) is 19.1 Å². The van der Waals surface area contributed by atoms with Crippen molar-refractivity contribution in [2.75, 3.05) is 4.90 Å². The van der Waals surface area contributed by atoms with Gasteiger partial charge in [0, 0.05) is 52.3 Å². The molecule has 0 aliphatic carbocycles. The number of para-hydroxylation sites is 4. The monoisotopic (exact) mass is 673 g/mol. The molecular formula is C46H35N5O. The number of ether oxygens (including phenoxy) is 1. The second kappa shape index (κ2) is 11.4. The van der Waals surface area contributed by atoms with Crippen LogP contribution in [0.15, 0.2) is 158 Å². The van der Waals surface area contributed by atoms with Gasteiger partial charge in [-0.2, -0.15) is 0 Å². The third kappa shape index (κ3) is 4.57. The van der Waals surface area contributed by atoms with Gasteiger partial charge in [-0.25, -0.2) is 9.97 Å². The zero-order valence-electron chi connectivity index (χ0n) is 29.2. The molecule has 6 aromatic carbocycles. The molecule has 6 nitrogen and oxygen atoms in total. The predicted octanol–water partition coefficient (Wildman–Crippen LogP) is 11.6. The van der Waals surface area contributed by atoms with Crippen LogP contribution in [0.5, 0.6) is 11.5 Å². The van der Waals surface area contributed by atoms with Gasteiger partial charge in [0.2, 0.25) is 0 Å². The van der Waals surface area contributed by atoms with E-state index in [2.05, 4.69) is 144 Å². The van der Waals surface area contributed by atoms with E-state index in [0.29, 0.717) is 0 Å². The first-order valence-corrected chi connectivity index (χ1v) is 17.6. The summed E-state index contributed by atoms with van der Waals surface area (Å²) in [6, 6.07) is 53.0. The van der Waals surface area contributed by atoms with Crippen LogP contribution in [0.4, 0.5) is 17.2 Å². The van der Waals surface area contributed by atoms with Gasteiger partial charge in [-0.1, -0.05) is 86.6 Å². The first kappa shape index (κ1) is 30.2. The van der Waals surface area contributed by atoms with Crippen LogP contribution in [0.1, 0.15) is 25.0 Å². The highest BCUT2D eigenvalue weighted by molar-refractivity contribution is 6.11. The smallest absolute Gasteiger partial charge is 0.141 e. The zero-order valence-corrected chi connectivity index (χ0v) is 29.2. The van der Waals surface area contributed by atoms with E-state index < -0.39 is 0 Å². The maximum Gasteiger partial charge on any atom is 0.141 e. The van der Waals surface area contributed by atoms with Crippen LogP contribution in [0.2, 0.25) is 0 Å². The molecule has 250 valence electrons. The maximum atomic E-state index is 6.60. The summed E-state index contributed by atoms with van der Waals surface area (Å²) in [5.41, 5.74) is 10.7. The zero-order chi connectivity index (χ0) is 35.0. The van der Waals surface area contributed by atoms with E-state index in [9.17, 15) is 0 Å². The van der Waals surface area contributed by atoms with Crippen molar-refractivity contribution in [3.8, 4) is 28.6 Å². The Labute approximate surface area is 301 Å². The number of imidazole rings is 1. The Hall–Kier alpha value is -6.66. The summed E-state index contributed by atoms with van der Waals surface area (Å²) in [4.78, 5) is 12.2. The number of nitrogens with zero attached hydrogens (tertiary/aromatic N) is 5. The number of aryl methyl sites for hydroxylation is 1. The molecule has 0 bridgehead atoms. The third-order valence-corrected chi connectivity index (χ3v) is 10.6. The Balaban J connectivity index is 1.12. The Morgan fingerprint density at radius 3 is 2.15 bits per heavy atom. The molecule has 3 aromatic heterocycles. The highest BCUT2D eigenvalue weighted by Crippen LogP contribution is 2.53. The first-order valence-electron chi connectivity index (χ1n) is 17.6. The quantitative estimate of drug-likeness (QED) is 0.182. The van der Waals surface area contributed by atoms with E-state index in [-0.39, 0.29) is 5.41 Å². The van der Waals surface area contributed by atoms with Gasteiger partial charge in [-0.05, 0) is 78.4 Å². The molecule has 0 amide bonds. The van der Waals surface area contributed by atoms with Crippen LogP contribution in [0.25, 0.3) is 49.9 Å². The van der Waals surface area contributed by atoms with Gasteiger partial charge in [0.15, 0.2) is 0 Å². The van der Waals surface area contributed by atoms with E-state index in [1.165, 1.54) is 27.4 Å². The lowest BCUT2D eigenvalue weighted by molar-refractivity contribution is 0.483. The van der Waals surface area contributed by atoms with Crippen molar-refractivity contribution in [2.45, 2.75) is 19.3 Å². The lowest BCUT2D eigenvalue weighted by Crippen LogP contribution is -2.31. The van der Waals surface area contributed by atoms with Gasteiger partial charge in [0.25, 0.3) is 0 Å². The molecule has 0 unspecified atom stereocenters. The van der Waals surface area contributed by atoms with Crippen LogP contribution in [0.3, 0.4) is 0 Å². The van der Waals surface area contributed by atoms with E-state index in [0.717, 1.165) is 62.3 Å². The van der Waals surface area contributed by atoms with Crippen molar-refractivity contribution >= 4 is 50.0 Å². The van der Waals surface area contributed by atoms with E-state index in [4.69, 9.17) is 14.7 Å². The summed E-state index contributed by atoms with van der Waals surface area (Å²) in [7, 11) is 2.05. The van der Waals surface area contributed by atoms with Crippen LogP contribution in [0, 0.1) is 0 Å². The number of hydrogen-bond acceptors (Lipinski definition) is 4. The van der Waals surface area contributed by atoms with Crippen LogP contribution < -0.4 is 9.64 Å². The second-order valence-electron chi connectivity index (χ2n) is 14.0. The van der Waals surface area contributed by atoms with Gasteiger partial charge >= 0.3 is 0 Å². The summed E-state index contributed by atoms with van der Waals surface area (Å²) in [5, 5.41) is 2.47. The standard InChI is InChI=1S/C46H35N5O/c1-46(2)37-21-13-25-47-45(37)51(43-29-42-36(28-38(43)46)35-20-7-9-23-40(35)50(42)31-15-5-4-6-16-31)32-17-12-19-34(27-32)52-33-18-11-14-30(26-33)44-48-39-22-8-10-24-41(39)49(44)3/h4-29H,1-3H3. The van der Waals surface area contributed by atoms with Crippen molar-refractivity contribution in [1.82, 2.24) is 19.1 Å². The van der Waals surface area contributed by atoms with Crippen LogP contribution in [-0.2, 0) is 12.5 Å². The molecule has 0 N–H and O–H groups in total. The summed E-state index contributed by atoms with van der Waals surface area (Å²) < 4.78 is 11.1. The molecular weight excluding hydrogens is 639 g/mol. The molecule has 4 heterocycles. The van der Waals surface area contributed by atoms with Crippen molar-refractivity contribution < 1.29 is 4.74 Å². The van der Waals surface area contributed by atoms with E-state index >= 15 is 0 Å². The topological polar surface area (TPSA) is 48.1 Å². The van der Waals surface area contributed by atoms with Crippen molar-refractivity contribution in [1.29, 1.82) is 0 Å². The lowest BCUT2D eigenvalue weighted by Gasteiger charge is -2.41. The summed E-state index contributed by atoms with van der Waals surface area (Å²) in [5.74, 6) is 3.30. The highest BCUT2D eigenvalue weighted by atomic mass is 16.5. The fourth-order valence-corrected chi connectivity index (χ4v) is 8.05. The summed E-state index contributed by atoms with van der Waals surface area (Å²) >= 11 is 0. The second-order valence-corrected chi connectivity index (χ2v) is 14.0. The van der Waals surface area contributed by atoms with Gasteiger partial charge < -0.3 is 13.9 Å². The molecule has 0 saturated carbocycles. The predicted molar refractivity (Wildman–Crippen MR) is 212 cm³/mol. The van der Waals surface area contributed by atoms with Crippen molar-refractivity contribution in [3.63, 3.8) is 0 Å². The first-order chi connectivity index (χ1) is 25.5. The summed E-state index contributed by atoms with van der Waals surface area (Å²) in [6.45, 7) is 4.62. The molecule has 0 saturated heterocycles. The molecule has 0 fully saturated rings. The minimum atomic E-state index is -0.288. The number of aromatic nitrogens is 4. The van der Waals surface area contributed by atoms with Crippen molar-refractivity contribution in [3.05, 3.63) is 169 Å². The number of benzene rings is 6. The Morgan fingerprint density at radius 1 is 0.577 bits per heavy atom. The fraction of sp³-hybridized carbons (Fsp3) is 0.0870. The average molecular weight is 674 g/mol. The van der Waals surface area contributed by atoms with Gasteiger partial charge in [-0.15, -0.1) is 0 Å². The van der Waals surface area contributed by atoms with E-state index in [1.807, 2.05) is 48.7 Å². The Kier molecular flexibility index (Phi) is 6.64. The minimum absolute atomic E-state index is 0.288. The van der Waals surface area contributed by atoms with Gasteiger partial charge in [-0.3, -0.25) is 4.90 Å². The molecule has 0 atom stereocenters. The SMILES string of the molecule is Cn1c(-c2cccc(Oc3cccc(N4c5cc6c(cc5C(C)(C)c5cccnc54)c4ccccc4n6-c4ccccc4)c3)c2)nc2ccccc21. The van der Waals surface area contributed by atoms with Gasteiger partial charge in [0.05, 0.1) is 33.4 Å². The largest absolute Gasteiger partial charge is 0.457 e. The van der Waals surface area contributed by atoms with E-state index in [1.54, 1.807) is 0 Å². The Bertz CT molecular complexity index is 2830. The Morgan fingerprint density at radius 2 is 1.31 bits per heavy atom. The van der Waals surface area contributed by atoms with Crippen LogP contribution >= 0.6 is 0 Å². The lowest BCUT2D eigenvalue weighted by atomic mass is 9.74. The highest BCUT2D eigenvalue weighted by Gasteiger charge is 2.38. The normalized spacial score (nSPS) is 13.4. The number of rotatable bonds is 5. The molecule has 52 heavy (non-hydrogen) atoms. The van der Waals surface area contributed by atoms with Crippen molar-refractivity contribution in [2.24, 2.45) is 7.05 Å². The maximum absolute atomic E-state index is 6.60. The third-order valence-electron chi connectivity index (χ3n) is 10.6. The molecule has 0 radical (unpaired) electrons. The summed E-state index contributed by atoms with van der Waals surface area (Å²) in [6.07, 6.45) is 1.89. The molecule has 1 aliphatic heterocycles. The number of fused-ring (bicyclic) bond motifs is 6. The molecule has 1 aliphatic rings. The molecule has 10 rings (SSSR count). The molecule has 0 spiro atoms. The number of anilines is 3. The number of hydrogen-bond donors (Lipinski definition) is 0. The van der Waals surface area contributed by atoms with Gasteiger partial charge in [0.1, 0.15) is 23.1 Å². The molecule has 6 heteroatoms. The fourth-order valence-electron chi connectivity index (χ4n) is 8.05. The minimum Gasteiger partial charge on any atom is -0.457 e. The number of pyridine rings is 1. The molecule has 9 aromatic rings. The average Bonchev–Trinajstić information content (AvgIpc) is 3.69.